The molecule has 2 atom stereocenters. The standard InChI is InChI=1S/C12H26O3Si/c1-5-10(13)16(11(14)6-2)9-7-8-12(3,4)15-16/h10-11,13-14H,5-9H2,1-4H3. The van der Waals surface area contributed by atoms with Crippen LogP contribution in [-0.2, 0) is 4.43 Å². The maximum atomic E-state index is 10.2. The molecule has 1 fully saturated rings. The van der Waals surface area contributed by atoms with Gasteiger partial charge in [-0.3, -0.25) is 0 Å². The minimum Gasteiger partial charge on any atom is -0.407 e. The van der Waals surface area contributed by atoms with Crippen LogP contribution in [0.15, 0.2) is 0 Å². The van der Waals surface area contributed by atoms with Crippen molar-refractivity contribution in [1.82, 2.24) is 0 Å². The van der Waals surface area contributed by atoms with E-state index in [0.29, 0.717) is 12.8 Å². The van der Waals surface area contributed by atoms with E-state index in [0.717, 1.165) is 18.9 Å². The third-order valence-corrected chi connectivity index (χ3v) is 8.85. The Labute approximate surface area is 100.0 Å². The predicted molar refractivity (Wildman–Crippen MR) is 67.6 cm³/mol. The summed E-state index contributed by atoms with van der Waals surface area (Å²) in [5, 5.41) is 20.5. The van der Waals surface area contributed by atoms with E-state index in [4.69, 9.17) is 4.43 Å². The smallest absolute Gasteiger partial charge is 0.249 e. The molecule has 0 saturated carbocycles. The molecular formula is C12H26O3Si. The molecule has 1 rings (SSSR count). The molecule has 2 N–H and O–H groups in total. The van der Waals surface area contributed by atoms with Crippen molar-refractivity contribution in [1.29, 1.82) is 0 Å². The minimum absolute atomic E-state index is 0.184. The lowest BCUT2D eigenvalue weighted by Crippen LogP contribution is -2.64. The summed E-state index contributed by atoms with van der Waals surface area (Å²) in [4.78, 5) is 0. The zero-order chi connectivity index (χ0) is 12.4. The third-order valence-electron chi connectivity index (χ3n) is 3.71. The van der Waals surface area contributed by atoms with Gasteiger partial charge in [-0.15, -0.1) is 0 Å². The van der Waals surface area contributed by atoms with E-state index in [1.54, 1.807) is 0 Å². The Kier molecular flexibility index (Phi) is 4.57. The summed E-state index contributed by atoms with van der Waals surface area (Å²) >= 11 is 0. The average Bonchev–Trinajstić information content (AvgIpc) is 2.25. The van der Waals surface area contributed by atoms with Gasteiger partial charge in [0.1, 0.15) is 0 Å². The van der Waals surface area contributed by atoms with Crippen LogP contribution in [0.5, 0.6) is 0 Å². The van der Waals surface area contributed by atoms with E-state index in [-0.39, 0.29) is 5.60 Å². The van der Waals surface area contributed by atoms with Crippen LogP contribution in [0.25, 0.3) is 0 Å². The highest BCUT2D eigenvalue weighted by molar-refractivity contribution is 6.76. The summed E-state index contributed by atoms with van der Waals surface area (Å²) in [5.41, 5.74) is -1.07. The molecule has 0 amide bonds. The Balaban J connectivity index is 2.94. The molecule has 0 spiro atoms. The summed E-state index contributed by atoms with van der Waals surface area (Å²) in [5.74, 6) is 0. The lowest BCUT2D eigenvalue weighted by atomic mass is 10.0. The molecule has 96 valence electrons. The van der Waals surface area contributed by atoms with Crippen LogP contribution in [-0.4, -0.2) is 35.6 Å². The summed E-state index contributed by atoms with van der Waals surface area (Å²) in [6.45, 7) is 8.07. The topological polar surface area (TPSA) is 49.7 Å². The van der Waals surface area contributed by atoms with Gasteiger partial charge < -0.3 is 14.6 Å². The largest absolute Gasteiger partial charge is 0.407 e. The molecule has 1 aliphatic heterocycles. The fraction of sp³-hybridized carbons (Fsp3) is 1.00. The first kappa shape index (κ1) is 14.2. The molecule has 16 heavy (non-hydrogen) atoms. The molecule has 0 bridgehead atoms. The van der Waals surface area contributed by atoms with Gasteiger partial charge in [0, 0.05) is 0 Å². The van der Waals surface area contributed by atoms with Gasteiger partial charge in [0.25, 0.3) is 0 Å². The second kappa shape index (κ2) is 5.17. The number of rotatable bonds is 4. The highest BCUT2D eigenvalue weighted by atomic mass is 28.4. The molecule has 0 aromatic heterocycles. The lowest BCUT2D eigenvalue weighted by molar-refractivity contribution is 0.0234. The summed E-state index contributed by atoms with van der Waals surface area (Å²) in [7, 11) is -2.41. The summed E-state index contributed by atoms with van der Waals surface area (Å²) in [6, 6.07) is 0.889. The van der Waals surface area contributed by atoms with Crippen molar-refractivity contribution in [2.45, 2.75) is 76.5 Å². The zero-order valence-corrected chi connectivity index (χ0v) is 12.0. The Bertz CT molecular complexity index is 220. The molecule has 1 saturated heterocycles. The Hall–Kier alpha value is 0.0969. The monoisotopic (exact) mass is 246 g/mol. The maximum absolute atomic E-state index is 10.2. The normalized spacial score (nSPS) is 33.4. The Morgan fingerprint density at radius 3 is 2.06 bits per heavy atom. The van der Waals surface area contributed by atoms with Gasteiger partial charge in [0.15, 0.2) is 0 Å². The van der Waals surface area contributed by atoms with Gasteiger partial charge in [-0.2, -0.15) is 0 Å². The second-order valence-electron chi connectivity index (χ2n) is 5.52. The third kappa shape index (κ3) is 2.67. The fourth-order valence-electron chi connectivity index (χ4n) is 2.79. The first-order valence-electron chi connectivity index (χ1n) is 6.44. The minimum atomic E-state index is -2.41. The van der Waals surface area contributed by atoms with Crippen molar-refractivity contribution in [3.05, 3.63) is 0 Å². The molecule has 1 heterocycles. The maximum Gasteiger partial charge on any atom is 0.249 e. The van der Waals surface area contributed by atoms with Crippen molar-refractivity contribution in [3.8, 4) is 0 Å². The molecule has 0 aliphatic carbocycles. The van der Waals surface area contributed by atoms with Crippen LogP contribution < -0.4 is 0 Å². The summed E-state index contributed by atoms with van der Waals surface area (Å²) in [6.07, 6.45) is 3.45. The van der Waals surface area contributed by atoms with Crippen LogP contribution in [0.1, 0.15) is 53.4 Å². The van der Waals surface area contributed by atoms with Crippen molar-refractivity contribution in [2.24, 2.45) is 0 Å². The number of aliphatic hydroxyl groups excluding tert-OH is 2. The first-order chi connectivity index (χ1) is 7.38. The van der Waals surface area contributed by atoms with Crippen LogP contribution in [0.2, 0.25) is 6.04 Å². The van der Waals surface area contributed by atoms with Crippen molar-refractivity contribution < 1.29 is 14.6 Å². The lowest BCUT2D eigenvalue weighted by Gasteiger charge is -2.48. The highest BCUT2D eigenvalue weighted by Crippen LogP contribution is 2.38. The molecule has 1 aliphatic rings. The number of hydrogen-bond acceptors (Lipinski definition) is 3. The van der Waals surface area contributed by atoms with E-state index < -0.39 is 19.8 Å². The van der Waals surface area contributed by atoms with Gasteiger partial charge in [0.05, 0.1) is 17.1 Å². The van der Waals surface area contributed by atoms with Crippen LogP contribution in [0, 0.1) is 0 Å². The second-order valence-corrected chi connectivity index (χ2v) is 9.47. The fourth-order valence-corrected chi connectivity index (χ4v) is 7.52. The van der Waals surface area contributed by atoms with E-state index >= 15 is 0 Å². The number of hydrogen-bond donors (Lipinski definition) is 2. The van der Waals surface area contributed by atoms with Crippen molar-refractivity contribution in [2.75, 3.05) is 0 Å². The first-order valence-corrected chi connectivity index (χ1v) is 8.71. The average molecular weight is 246 g/mol. The Morgan fingerprint density at radius 1 is 1.19 bits per heavy atom. The number of aliphatic hydroxyl groups is 2. The van der Waals surface area contributed by atoms with Crippen LogP contribution in [0.3, 0.4) is 0 Å². The van der Waals surface area contributed by atoms with Gasteiger partial charge in [-0.05, 0) is 39.2 Å². The van der Waals surface area contributed by atoms with Gasteiger partial charge in [-0.25, -0.2) is 0 Å². The van der Waals surface area contributed by atoms with Gasteiger partial charge in [0.2, 0.25) is 8.32 Å². The van der Waals surface area contributed by atoms with Crippen molar-refractivity contribution in [3.63, 3.8) is 0 Å². The quantitative estimate of drug-likeness (QED) is 0.747. The molecule has 4 heteroatoms. The molecular weight excluding hydrogens is 220 g/mol. The SMILES string of the molecule is CCC(O)[Si]1(C(O)CC)CCCC(C)(C)O1. The predicted octanol–water partition coefficient (Wildman–Crippen LogP) is 2.14. The summed E-state index contributed by atoms with van der Waals surface area (Å²) < 4.78 is 6.21. The van der Waals surface area contributed by atoms with E-state index in [1.165, 1.54) is 0 Å². The molecule has 0 aromatic rings. The van der Waals surface area contributed by atoms with E-state index in [1.807, 2.05) is 13.8 Å². The van der Waals surface area contributed by atoms with E-state index in [2.05, 4.69) is 13.8 Å². The van der Waals surface area contributed by atoms with Crippen molar-refractivity contribution >= 4 is 8.32 Å². The molecule has 0 aromatic carbocycles. The molecule has 3 nitrogen and oxygen atoms in total. The van der Waals surface area contributed by atoms with Gasteiger partial charge in [-0.1, -0.05) is 20.3 Å². The Morgan fingerprint density at radius 2 is 1.69 bits per heavy atom. The van der Waals surface area contributed by atoms with Gasteiger partial charge >= 0.3 is 0 Å². The van der Waals surface area contributed by atoms with Crippen LogP contribution in [0.4, 0.5) is 0 Å². The molecule has 0 radical (unpaired) electrons. The van der Waals surface area contributed by atoms with Crippen LogP contribution >= 0.6 is 0 Å². The van der Waals surface area contributed by atoms with E-state index in [9.17, 15) is 10.2 Å². The highest BCUT2D eigenvalue weighted by Gasteiger charge is 2.52. The molecule has 2 unspecified atom stereocenters. The zero-order valence-electron chi connectivity index (χ0n) is 11.0.